The van der Waals surface area contributed by atoms with Gasteiger partial charge in [-0.3, -0.25) is 4.98 Å². The first kappa shape index (κ1) is 22.5. The highest BCUT2D eigenvalue weighted by atomic mass is 32.1. The first-order chi connectivity index (χ1) is 16.4. The van der Waals surface area contributed by atoms with Gasteiger partial charge in [0.1, 0.15) is 28.3 Å². The minimum absolute atomic E-state index is 0.187. The number of pyridine rings is 1. The molecule has 3 unspecified atom stereocenters. The van der Waals surface area contributed by atoms with Gasteiger partial charge in [0, 0.05) is 24.4 Å². The lowest BCUT2D eigenvalue weighted by Crippen LogP contribution is -2.48. The number of nitrogens with one attached hydrogen (secondary N) is 2. The average Bonchev–Trinajstić information content (AvgIpc) is 3.34. The highest BCUT2D eigenvalue weighted by molar-refractivity contribution is 7.21. The van der Waals surface area contributed by atoms with E-state index in [4.69, 9.17) is 0 Å². The highest BCUT2D eigenvalue weighted by Gasteiger charge is 2.47. The molecule has 5 N–H and O–H groups in total. The van der Waals surface area contributed by atoms with Crippen molar-refractivity contribution < 1.29 is 19.7 Å². The molecule has 9 nitrogen and oxygen atoms in total. The van der Waals surface area contributed by atoms with Crippen LogP contribution in [0.1, 0.15) is 18.5 Å². The lowest BCUT2D eigenvalue weighted by atomic mass is 10.0. The molecule has 1 fully saturated rings. The van der Waals surface area contributed by atoms with Crippen LogP contribution in [0.15, 0.2) is 42.7 Å². The smallest absolute Gasteiger partial charge is 0.229 e. The van der Waals surface area contributed by atoms with Crippen molar-refractivity contribution in [1.82, 2.24) is 19.9 Å². The molecule has 1 aromatic carbocycles. The zero-order valence-corrected chi connectivity index (χ0v) is 19.1. The van der Waals surface area contributed by atoms with Gasteiger partial charge >= 0.3 is 0 Å². The Kier molecular flexibility index (Phi) is 5.86. The summed E-state index contributed by atoms with van der Waals surface area (Å²) in [4.78, 5) is 17.9. The van der Waals surface area contributed by atoms with E-state index in [9.17, 15) is 19.7 Å². The van der Waals surface area contributed by atoms with Gasteiger partial charge in [-0.1, -0.05) is 6.07 Å². The van der Waals surface area contributed by atoms with Gasteiger partial charge in [0.05, 0.1) is 22.2 Å². The van der Waals surface area contributed by atoms with E-state index in [0.29, 0.717) is 28.4 Å². The zero-order chi connectivity index (χ0) is 23.9. The summed E-state index contributed by atoms with van der Waals surface area (Å²) in [6.07, 6.45) is 2.82. The molecule has 3 aromatic heterocycles. The molecule has 0 aliphatic heterocycles. The second-order valence-corrected chi connectivity index (χ2v) is 9.36. The number of hydrogen-bond acceptors (Lipinski definition) is 10. The maximum absolute atomic E-state index is 13.7. The minimum Gasteiger partial charge on any atom is -0.396 e. The number of aliphatic hydroxyl groups excluding tert-OH is 2. The van der Waals surface area contributed by atoms with Crippen molar-refractivity contribution in [1.29, 1.82) is 0 Å². The average molecular weight is 483 g/mol. The topological polar surface area (TPSA) is 136 Å². The molecule has 176 valence electrons. The third-order valence-electron chi connectivity index (χ3n) is 5.98. The molecule has 1 aliphatic rings. The third-order valence-corrected chi connectivity index (χ3v) is 7.03. The van der Waals surface area contributed by atoms with Gasteiger partial charge in [-0.25, -0.2) is 14.4 Å². The normalized spacial score (nSPS) is 22.3. The van der Waals surface area contributed by atoms with Crippen molar-refractivity contribution >= 4 is 39.0 Å². The molecule has 0 saturated heterocycles. The summed E-state index contributed by atoms with van der Waals surface area (Å²) < 4.78 is 14.6. The number of nitrogens with zero attached hydrogens (tertiary/aromatic N) is 4. The van der Waals surface area contributed by atoms with Crippen molar-refractivity contribution in [3.05, 3.63) is 54.2 Å². The lowest BCUT2D eigenvalue weighted by Gasteiger charge is -2.31. The second-order valence-electron chi connectivity index (χ2n) is 8.33. The van der Waals surface area contributed by atoms with Crippen molar-refractivity contribution in [3.63, 3.8) is 0 Å². The van der Waals surface area contributed by atoms with Crippen LogP contribution in [0.5, 0.6) is 0 Å². The SMILES string of the molecule is Cc1nc(Nc2cccc(F)c2)nc(NC2(O)CCC(CO)C2O)c1-c1nc2cnccc2s1. The summed E-state index contributed by atoms with van der Waals surface area (Å²) in [5, 5.41) is 38.0. The number of fused-ring (bicyclic) bond motifs is 1. The van der Waals surface area contributed by atoms with E-state index in [1.54, 1.807) is 31.5 Å². The van der Waals surface area contributed by atoms with Crippen molar-refractivity contribution in [2.45, 2.75) is 31.6 Å². The van der Waals surface area contributed by atoms with E-state index < -0.39 is 23.6 Å². The largest absolute Gasteiger partial charge is 0.396 e. The molecule has 1 saturated carbocycles. The second kappa shape index (κ2) is 8.84. The van der Waals surface area contributed by atoms with Crippen LogP contribution in [0.3, 0.4) is 0 Å². The van der Waals surface area contributed by atoms with Crippen LogP contribution in [0, 0.1) is 18.7 Å². The fourth-order valence-electron chi connectivity index (χ4n) is 4.19. The van der Waals surface area contributed by atoms with Crippen LogP contribution in [0.2, 0.25) is 0 Å². The van der Waals surface area contributed by atoms with E-state index in [2.05, 4.69) is 30.6 Å². The van der Waals surface area contributed by atoms with Gasteiger partial charge in [-0.15, -0.1) is 11.3 Å². The Morgan fingerprint density at radius 1 is 1.24 bits per heavy atom. The first-order valence-corrected chi connectivity index (χ1v) is 11.6. The third kappa shape index (κ3) is 4.18. The summed E-state index contributed by atoms with van der Waals surface area (Å²) in [5.74, 6) is -0.411. The molecule has 11 heteroatoms. The number of thiazole rings is 1. The van der Waals surface area contributed by atoms with Crippen LogP contribution in [0.4, 0.5) is 21.8 Å². The Labute approximate surface area is 198 Å². The molecule has 5 rings (SSSR count). The van der Waals surface area contributed by atoms with Crippen LogP contribution in [-0.4, -0.2) is 53.7 Å². The quantitative estimate of drug-likeness (QED) is 0.262. The number of aliphatic hydroxyl groups is 3. The predicted octanol–water partition coefficient (Wildman–Crippen LogP) is 3.20. The zero-order valence-electron chi connectivity index (χ0n) is 18.2. The van der Waals surface area contributed by atoms with Crippen LogP contribution >= 0.6 is 11.3 Å². The van der Waals surface area contributed by atoms with Crippen LogP contribution < -0.4 is 10.6 Å². The molecule has 3 atom stereocenters. The first-order valence-electron chi connectivity index (χ1n) is 10.8. The maximum atomic E-state index is 13.7. The summed E-state index contributed by atoms with van der Waals surface area (Å²) in [7, 11) is 0. The summed E-state index contributed by atoms with van der Waals surface area (Å²) in [5.41, 5.74) is 0.619. The van der Waals surface area contributed by atoms with Gasteiger partial charge < -0.3 is 26.0 Å². The number of rotatable bonds is 6. The van der Waals surface area contributed by atoms with E-state index in [0.717, 1.165) is 10.2 Å². The monoisotopic (exact) mass is 482 g/mol. The van der Waals surface area contributed by atoms with Gasteiger partial charge in [0.2, 0.25) is 5.95 Å². The van der Waals surface area contributed by atoms with Crippen LogP contribution in [0.25, 0.3) is 20.8 Å². The number of anilines is 3. The summed E-state index contributed by atoms with van der Waals surface area (Å²) in [6.45, 7) is 1.55. The molecule has 34 heavy (non-hydrogen) atoms. The molecule has 0 bridgehead atoms. The van der Waals surface area contributed by atoms with Gasteiger partial charge in [-0.05, 0) is 44.0 Å². The maximum Gasteiger partial charge on any atom is 0.229 e. The molecule has 1 aliphatic carbocycles. The van der Waals surface area contributed by atoms with E-state index in [1.165, 1.54) is 23.5 Å². The van der Waals surface area contributed by atoms with E-state index in [1.807, 2.05) is 6.07 Å². The Hall–Kier alpha value is -3.25. The predicted molar refractivity (Wildman–Crippen MR) is 127 cm³/mol. The molecule has 4 aromatic rings. The molecular formula is C23H23FN6O3S. The molecule has 3 heterocycles. The number of benzene rings is 1. The van der Waals surface area contributed by atoms with Gasteiger partial charge in [0.15, 0.2) is 5.72 Å². The Balaban J connectivity index is 1.59. The molecule has 0 amide bonds. The van der Waals surface area contributed by atoms with E-state index >= 15 is 0 Å². The van der Waals surface area contributed by atoms with Crippen molar-refractivity contribution in [2.75, 3.05) is 17.2 Å². The standard InChI is InChI=1S/C23H23FN6O3S/c1-12-18(21-28-16-10-25-8-6-17(16)34-21)20(30-23(33)7-5-13(11-31)19(23)32)29-22(26-12)27-15-4-2-3-14(24)9-15/h2-4,6,8-10,13,19,31-33H,5,7,11H2,1H3,(H2,26,27,29,30). The fourth-order valence-corrected chi connectivity index (χ4v) is 5.22. The van der Waals surface area contributed by atoms with E-state index in [-0.39, 0.29) is 24.8 Å². The van der Waals surface area contributed by atoms with Gasteiger partial charge in [-0.2, -0.15) is 4.98 Å². The Bertz CT molecular complexity index is 1320. The Morgan fingerprint density at radius 3 is 2.82 bits per heavy atom. The number of hydrogen-bond donors (Lipinski definition) is 5. The molecule has 0 spiro atoms. The molecule has 0 radical (unpaired) electrons. The van der Waals surface area contributed by atoms with Crippen LogP contribution in [-0.2, 0) is 0 Å². The number of aryl methyl sites for hydroxylation is 1. The van der Waals surface area contributed by atoms with Crippen molar-refractivity contribution in [2.24, 2.45) is 5.92 Å². The molecular weight excluding hydrogens is 459 g/mol. The van der Waals surface area contributed by atoms with Gasteiger partial charge in [0.25, 0.3) is 0 Å². The number of halogens is 1. The summed E-state index contributed by atoms with van der Waals surface area (Å²) in [6, 6.07) is 7.77. The number of aromatic nitrogens is 4. The highest BCUT2D eigenvalue weighted by Crippen LogP contribution is 2.40. The summed E-state index contributed by atoms with van der Waals surface area (Å²) >= 11 is 1.43. The Morgan fingerprint density at radius 2 is 2.09 bits per heavy atom. The van der Waals surface area contributed by atoms with Crippen molar-refractivity contribution in [3.8, 4) is 10.6 Å². The minimum atomic E-state index is -1.70. The lowest BCUT2D eigenvalue weighted by molar-refractivity contribution is -0.0545. The fraction of sp³-hybridized carbons (Fsp3) is 0.304.